The molecule has 54 heavy (non-hydrogen) atoms. The van der Waals surface area contributed by atoms with Crippen LogP contribution in [0.5, 0.6) is 0 Å². The molecule has 1 aliphatic heterocycles. The maximum absolute atomic E-state index is 5.14. The van der Waals surface area contributed by atoms with E-state index in [0.29, 0.717) is 0 Å². The zero-order valence-electron chi connectivity index (χ0n) is 29.1. The zero-order valence-corrected chi connectivity index (χ0v) is 30.0. The van der Waals surface area contributed by atoms with Gasteiger partial charge in [0.25, 0.3) is 0 Å². The molecule has 0 bridgehead atoms. The Morgan fingerprint density at radius 1 is 0.463 bits per heavy atom. The number of para-hydroxylation sites is 1. The number of amidine groups is 2. The van der Waals surface area contributed by atoms with Crippen LogP contribution in [0.25, 0.3) is 69.6 Å². The first-order valence-electron chi connectivity index (χ1n) is 18.3. The molecule has 5 heteroatoms. The fraction of sp³-hybridized carbons (Fsp3) is 0.0204. The number of hydrogen-bond donors (Lipinski definition) is 1. The first-order chi connectivity index (χ1) is 26.7. The number of nitrogens with one attached hydrogen (secondary N) is 1. The average molecular weight is 709 g/mol. The van der Waals surface area contributed by atoms with Gasteiger partial charge in [-0.25, -0.2) is 9.98 Å². The lowest BCUT2D eigenvalue weighted by Crippen LogP contribution is -2.33. The minimum atomic E-state index is -0.276. The Labute approximate surface area is 316 Å². The molecule has 0 spiro atoms. The van der Waals surface area contributed by atoms with Gasteiger partial charge in [-0.1, -0.05) is 140 Å². The Hall–Kier alpha value is -6.82. The van der Waals surface area contributed by atoms with Crippen molar-refractivity contribution in [2.75, 3.05) is 0 Å². The highest BCUT2D eigenvalue weighted by molar-refractivity contribution is 7.25. The van der Waals surface area contributed by atoms with Gasteiger partial charge in [0.15, 0.2) is 5.84 Å². The van der Waals surface area contributed by atoms with E-state index in [9.17, 15) is 0 Å². The van der Waals surface area contributed by atoms with Gasteiger partial charge in [0.05, 0.1) is 11.0 Å². The quantitative estimate of drug-likeness (QED) is 0.190. The van der Waals surface area contributed by atoms with Crippen LogP contribution in [0.2, 0.25) is 0 Å². The maximum Gasteiger partial charge on any atom is 0.159 e. The molecule has 1 aliphatic rings. The molecule has 10 aromatic rings. The summed E-state index contributed by atoms with van der Waals surface area (Å²) >= 11 is 1.83. The van der Waals surface area contributed by atoms with Gasteiger partial charge < -0.3 is 9.88 Å². The monoisotopic (exact) mass is 708 g/mol. The highest BCUT2D eigenvalue weighted by Gasteiger charge is 2.22. The summed E-state index contributed by atoms with van der Waals surface area (Å²) in [6.07, 6.45) is -0.276. The van der Waals surface area contributed by atoms with Crippen molar-refractivity contribution in [1.29, 1.82) is 0 Å². The van der Waals surface area contributed by atoms with Crippen LogP contribution in [0.4, 0.5) is 0 Å². The molecule has 4 nitrogen and oxygen atoms in total. The molecule has 0 radical (unpaired) electrons. The van der Waals surface area contributed by atoms with Crippen molar-refractivity contribution in [3.05, 3.63) is 199 Å². The second kappa shape index (κ2) is 12.4. The highest BCUT2D eigenvalue weighted by atomic mass is 32.1. The Balaban J connectivity index is 0.958. The summed E-state index contributed by atoms with van der Waals surface area (Å²) in [6.45, 7) is 0. The molecule has 11 rings (SSSR count). The Bertz CT molecular complexity index is 3130. The van der Waals surface area contributed by atoms with Gasteiger partial charge in [0.2, 0.25) is 0 Å². The molecule has 1 N–H and O–H groups in total. The van der Waals surface area contributed by atoms with Crippen molar-refractivity contribution >= 4 is 75.8 Å². The van der Waals surface area contributed by atoms with Crippen molar-refractivity contribution in [2.24, 2.45) is 9.98 Å². The van der Waals surface area contributed by atoms with Crippen LogP contribution in [0.3, 0.4) is 0 Å². The summed E-state index contributed by atoms with van der Waals surface area (Å²) in [5.74, 6) is 1.53. The van der Waals surface area contributed by atoms with Crippen molar-refractivity contribution < 1.29 is 0 Å². The Kier molecular flexibility index (Phi) is 7.07. The number of thiophene rings is 1. The zero-order chi connectivity index (χ0) is 35.6. The normalized spacial score (nSPS) is 14.5. The number of hydrogen-bond acceptors (Lipinski definition) is 4. The van der Waals surface area contributed by atoms with Crippen LogP contribution in [0.1, 0.15) is 22.9 Å². The van der Waals surface area contributed by atoms with E-state index >= 15 is 0 Å². The minimum Gasteiger partial charge on any atom is -0.344 e. The molecule has 1 unspecified atom stereocenters. The van der Waals surface area contributed by atoms with Crippen molar-refractivity contribution in [2.45, 2.75) is 6.17 Å². The van der Waals surface area contributed by atoms with Crippen molar-refractivity contribution in [3.8, 4) is 16.8 Å². The number of benzene rings is 8. The van der Waals surface area contributed by atoms with Crippen LogP contribution in [-0.4, -0.2) is 16.2 Å². The van der Waals surface area contributed by atoms with E-state index in [1.807, 2.05) is 29.5 Å². The number of fused-ring (bicyclic) bond motifs is 7. The molecular formula is C49H32N4S. The predicted octanol–water partition coefficient (Wildman–Crippen LogP) is 12.5. The number of rotatable bonds is 5. The van der Waals surface area contributed by atoms with E-state index in [1.54, 1.807) is 0 Å². The Morgan fingerprint density at radius 3 is 2.04 bits per heavy atom. The van der Waals surface area contributed by atoms with Crippen LogP contribution in [0, 0.1) is 0 Å². The number of aliphatic imine (C=N–C) groups is 2. The van der Waals surface area contributed by atoms with E-state index in [4.69, 9.17) is 9.98 Å². The molecule has 3 heterocycles. The molecular weight excluding hydrogens is 677 g/mol. The molecule has 0 saturated heterocycles. The molecule has 0 aliphatic carbocycles. The smallest absolute Gasteiger partial charge is 0.159 e. The lowest BCUT2D eigenvalue weighted by atomic mass is 10.0. The summed E-state index contributed by atoms with van der Waals surface area (Å²) in [7, 11) is 0. The third-order valence-electron chi connectivity index (χ3n) is 10.6. The van der Waals surface area contributed by atoms with Crippen molar-refractivity contribution in [1.82, 2.24) is 9.88 Å². The van der Waals surface area contributed by atoms with Gasteiger partial charge in [-0.05, 0) is 69.9 Å². The van der Waals surface area contributed by atoms with Gasteiger partial charge in [0.1, 0.15) is 12.0 Å². The summed E-state index contributed by atoms with van der Waals surface area (Å²) in [4.78, 5) is 10.2. The van der Waals surface area contributed by atoms with E-state index < -0.39 is 0 Å². The van der Waals surface area contributed by atoms with Gasteiger partial charge in [-0.2, -0.15) is 0 Å². The first-order valence-corrected chi connectivity index (χ1v) is 19.1. The molecule has 0 fully saturated rings. The largest absolute Gasteiger partial charge is 0.344 e. The third-order valence-corrected chi connectivity index (χ3v) is 11.8. The molecule has 0 amide bonds. The lowest BCUT2D eigenvalue weighted by molar-refractivity contribution is 0.675. The second-order valence-corrected chi connectivity index (χ2v) is 15.0. The van der Waals surface area contributed by atoms with Gasteiger partial charge in [-0.3, -0.25) is 0 Å². The SMILES string of the molecule is c1ccc(C2=NC(c3ccc4c(c3)sc3ccccc34)NC(c3ccc(-c4cccc(-n5c6ccccc6c6cc7ccccc7cc65)c4)cc3)=N2)cc1. The van der Waals surface area contributed by atoms with E-state index in [-0.39, 0.29) is 6.17 Å². The summed E-state index contributed by atoms with van der Waals surface area (Å²) in [5, 5.41) is 11.3. The van der Waals surface area contributed by atoms with Crippen LogP contribution in [0.15, 0.2) is 192 Å². The molecule has 8 aromatic carbocycles. The summed E-state index contributed by atoms with van der Waals surface area (Å²) < 4.78 is 4.96. The van der Waals surface area contributed by atoms with E-state index in [0.717, 1.165) is 45.2 Å². The fourth-order valence-corrected chi connectivity index (χ4v) is 9.13. The lowest BCUT2D eigenvalue weighted by Gasteiger charge is -2.24. The highest BCUT2D eigenvalue weighted by Crippen LogP contribution is 2.37. The molecule has 1 atom stereocenters. The van der Waals surface area contributed by atoms with Crippen LogP contribution < -0.4 is 5.32 Å². The van der Waals surface area contributed by atoms with Crippen LogP contribution >= 0.6 is 11.3 Å². The van der Waals surface area contributed by atoms with Gasteiger partial charge in [-0.15, -0.1) is 11.3 Å². The second-order valence-electron chi connectivity index (χ2n) is 13.9. The van der Waals surface area contributed by atoms with Gasteiger partial charge >= 0.3 is 0 Å². The number of nitrogens with zero attached hydrogens (tertiary/aromatic N) is 3. The van der Waals surface area contributed by atoms with Crippen LogP contribution in [-0.2, 0) is 0 Å². The molecule has 2 aromatic heterocycles. The third kappa shape index (κ3) is 5.12. The summed E-state index contributed by atoms with van der Waals surface area (Å²) in [6, 6.07) is 65.2. The summed E-state index contributed by atoms with van der Waals surface area (Å²) in [5.41, 5.74) is 8.97. The fourth-order valence-electron chi connectivity index (χ4n) is 7.97. The standard InChI is InChI=1S/C49H32N4S/c1-2-11-32(12-3-1)47-50-48(52-49(51-47)37-25-26-41-40-18-7-9-20-45(40)54-46(41)30-37)33-23-21-31(22-24-33)34-15-10-16-38(27-34)53-43-19-8-6-17-39(43)42-28-35-13-4-5-14-36(35)29-44(42)53/h1-30,49H,(H,50,51,52). The topological polar surface area (TPSA) is 41.7 Å². The van der Waals surface area contributed by atoms with E-state index in [2.05, 4.69) is 174 Å². The van der Waals surface area contributed by atoms with Crippen molar-refractivity contribution in [3.63, 3.8) is 0 Å². The van der Waals surface area contributed by atoms with Gasteiger partial charge in [0, 0.05) is 47.8 Å². The average Bonchev–Trinajstić information content (AvgIpc) is 3.78. The van der Waals surface area contributed by atoms with E-state index in [1.165, 1.54) is 52.8 Å². The minimum absolute atomic E-state index is 0.276. The maximum atomic E-state index is 5.14. The molecule has 254 valence electrons. The Morgan fingerprint density at radius 2 is 1.17 bits per heavy atom. The first kappa shape index (κ1) is 30.8. The number of aromatic nitrogens is 1. The predicted molar refractivity (Wildman–Crippen MR) is 228 cm³/mol. The molecule has 0 saturated carbocycles.